The summed E-state index contributed by atoms with van der Waals surface area (Å²) in [7, 11) is 0. The van der Waals surface area contributed by atoms with Crippen molar-refractivity contribution in [2.75, 3.05) is 6.54 Å². The molecule has 0 saturated carbocycles. The van der Waals surface area contributed by atoms with Gasteiger partial charge >= 0.3 is 0 Å². The van der Waals surface area contributed by atoms with Gasteiger partial charge in [-0.15, -0.1) is 0 Å². The first-order chi connectivity index (χ1) is 6.38. The predicted molar refractivity (Wildman–Crippen MR) is 51.3 cm³/mol. The van der Waals surface area contributed by atoms with Gasteiger partial charge in [0.1, 0.15) is 6.17 Å². The Morgan fingerprint density at radius 2 is 2.08 bits per heavy atom. The SMILES string of the molecule is F[C@H](c1ccccc1)[C@@H]1CCCN1. The van der Waals surface area contributed by atoms with Crippen LogP contribution in [0.1, 0.15) is 24.6 Å². The van der Waals surface area contributed by atoms with E-state index in [2.05, 4.69) is 5.32 Å². The van der Waals surface area contributed by atoms with E-state index in [1.54, 1.807) is 0 Å². The van der Waals surface area contributed by atoms with E-state index in [9.17, 15) is 4.39 Å². The van der Waals surface area contributed by atoms with Crippen molar-refractivity contribution >= 4 is 0 Å². The molecular weight excluding hydrogens is 165 g/mol. The Morgan fingerprint density at radius 1 is 1.31 bits per heavy atom. The number of nitrogens with one attached hydrogen (secondary N) is 1. The molecule has 0 aromatic heterocycles. The number of alkyl halides is 1. The first kappa shape index (κ1) is 8.70. The minimum Gasteiger partial charge on any atom is -0.311 e. The Morgan fingerprint density at radius 3 is 2.69 bits per heavy atom. The van der Waals surface area contributed by atoms with E-state index in [1.807, 2.05) is 30.3 Å². The van der Waals surface area contributed by atoms with Crippen LogP contribution in [-0.2, 0) is 0 Å². The standard InChI is InChI=1S/C11H14FN/c12-11(10-7-4-8-13-10)9-5-2-1-3-6-9/h1-3,5-6,10-11,13H,4,7-8H2/t10-,11+/m0/s1. The number of hydrogen-bond donors (Lipinski definition) is 1. The van der Waals surface area contributed by atoms with Crippen molar-refractivity contribution in [1.29, 1.82) is 0 Å². The van der Waals surface area contributed by atoms with Crippen LogP contribution in [0.2, 0.25) is 0 Å². The van der Waals surface area contributed by atoms with Crippen LogP contribution in [-0.4, -0.2) is 12.6 Å². The van der Waals surface area contributed by atoms with Crippen LogP contribution in [0.25, 0.3) is 0 Å². The van der Waals surface area contributed by atoms with Crippen molar-refractivity contribution in [2.24, 2.45) is 0 Å². The lowest BCUT2D eigenvalue weighted by molar-refractivity contribution is 0.271. The Labute approximate surface area is 78.0 Å². The van der Waals surface area contributed by atoms with Crippen molar-refractivity contribution in [3.05, 3.63) is 35.9 Å². The molecule has 1 nitrogen and oxygen atoms in total. The maximum absolute atomic E-state index is 13.8. The van der Waals surface area contributed by atoms with Gasteiger partial charge in [-0.05, 0) is 24.9 Å². The van der Waals surface area contributed by atoms with Crippen molar-refractivity contribution in [2.45, 2.75) is 25.1 Å². The van der Waals surface area contributed by atoms with E-state index < -0.39 is 6.17 Å². The summed E-state index contributed by atoms with van der Waals surface area (Å²) >= 11 is 0. The zero-order chi connectivity index (χ0) is 9.10. The average molecular weight is 179 g/mol. The zero-order valence-corrected chi connectivity index (χ0v) is 7.54. The second kappa shape index (κ2) is 3.88. The molecule has 1 saturated heterocycles. The highest BCUT2D eigenvalue weighted by Crippen LogP contribution is 2.26. The Bertz CT molecular complexity index is 254. The third kappa shape index (κ3) is 1.89. The van der Waals surface area contributed by atoms with Crippen molar-refractivity contribution in [3.63, 3.8) is 0 Å². The van der Waals surface area contributed by atoms with Crippen LogP contribution in [0.3, 0.4) is 0 Å². The third-order valence-electron chi connectivity index (χ3n) is 2.57. The summed E-state index contributed by atoms with van der Waals surface area (Å²) in [6.07, 6.45) is 1.21. The van der Waals surface area contributed by atoms with Gasteiger partial charge in [-0.1, -0.05) is 30.3 Å². The monoisotopic (exact) mass is 179 g/mol. The highest BCUT2D eigenvalue weighted by Gasteiger charge is 2.24. The molecule has 2 heteroatoms. The summed E-state index contributed by atoms with van der Waals surface area (Å²) in [6.45, 7) is 0.956. The third-order valence-corrected chi connectivity index (χ3v) is 2.57. The van der Waals surface area contributed by atoms with Gasteiger partial charge < -0.3 is 5.32 Å². The number of hydrogen-bond acceptors (Lipinski definition) is 1. The van der Waals surface area contributed by atoms with Gasteiger partial charge in [0.25, 0.3) is 0 Å². The zero-order valence-electron chi connectivity index (χ0n) is 7.54. The molecule has 70 valence electrons. The smallest absolute Gasteiger partial charge is 0.140 e. The van der Waals surface area contributed by atoms with E-state index >= 15 is 0 Å². The second-order valence-corrected chi connectivity index (χ2v) is 3.52. The highest BCUT2D eigenvalue weighted by molar-refractivity contribution is 5.19. The molecule has 1 aromatic rings. The van der Waals surface area contributed by atoms with Crippen LogP contribution >= 0.6 is 0 Å². The fraction of sp³-hybridized carbons (Fsp3) is 0.455. The van der Waals surface area contributed by atoms with Gasteiger partial charge in [-0.25, -0.2) is 4.39 Å². The Balaban J connectivity index is 2.08. The molecule has 0 unspecified atom stereocenters. The van der Waals surface area contributed by atoms with Crippen molar-refractivity contribution in [3.8, 4) is 0 Å². The van der Waals surface area contributed by atoms with E-state index in [-0.39, 0.29) is 6.04 Å². The highest BCUT2D eigenvalue weighted by atomic mass is 19.1. The molecule has 2 atom stereocenters. The normalized spacial score (nSPS) is 24.5. The number of halogens is 1. The van der Waals surface area contributed by atoms with Crippen molar-refractivity contribution in [1.82, 2.24) is 5.32 Å². The second-order valence-electron chi connectivity index (χ2n) is 3.52. The average Bonchev–Trinajstić information content (AvgIpc) is 2.71. The van der Waals surface area contributed by atoms with Gasteiger partial charge in [0.05, 0.1) is 0 Å². The quantitative estimate of drug-likeness (QED) is 0.735. The van der Waals surface area contributed by atoms with E-state index in [1.165, 1.54) is 0 Å². The van der Waals surface area contributed by atoms with E-state index in [0.29, 0.717) is 0 Å². The fourth-order valence-corrected chi connectivity index (χ4v) is 1.83. The van der Waals surface area contributed by atoms with Crippen LogP contribution in [0, 0.1) is 0 Å². The molecule has 1 aromatic carbocycles. The van der Waals surface area contributed by atoms with Gasteiger partial charge in [-0.2, -0.15) is 0 Å². The maximum Gasteiger partial charge on any atom is 0.140 e. The summed E-state index contributed by atoms with van der Waals surface area (Å²) in [5.74, 6) is 0. The molecule has 1 aliphatic rings. The molecule has 0 aliphatic carbocycles. The first-order valence-electron chi connectivity index (χ1n) is 4.80. The maximum atomic E-state index is 13.8. The van der Waals surface area contributed by atoms with Crippen LogP contribution in [0.15, 0.2) is 30.3 Å². The van der Waals surface area contributed by atoms with Gasteiger partial charge in [-0.3, -0.25) is 0 Å². The molecule has 1 N–H and O–H groups in total. The Hall–Kier alpha value is -0.890. The van der Waals surface area contributed by atoms with Gasteiger partial charge in [0.2, 0.25) is 0 Å². The number of benzene rings is 1. The van der Waals surface area contributed by atoms with Crippen molar-refractivity contribution < 1.29 is 4.39 Å². The fourth-order valence-electron chi connectivity index (χ4n) is 1.83. The summed E-state index contributed by atoms with van der Waals surface area (Å²) in [4.78, 5) is 0. The lowest BCUT2D eigenvalue weighted by Gasteiger charge is -2.15. The molecule has 0 amide bonds. The van der Waals surface area contributed by atoms with E-state index in [4.69, 9.17) is 0 Å². The molecule has 1 fully saturated rings. The molecule has 2 rings (SSSR count). The summed E-state index contributed by atoms with van der Waals surface area (Å²) in [6, 6.07) is 9.42. The van der Waals surface area contributed by atoms with E-state index in [0.717, 1.165) is 24.9 Å². The minimum atomic E-state index is -0.844. The summed E-state index contributed by atoms with van der Waals surface area (Å²) < 4.78 is 13.8. The molecule has 0 radical (unpaired) electrons. The van der Waals surface area contributed by atoms with Crippen LogP contribution in [0.5, 0.6) is 0 Å². The lowest BCUT2D eigenvalue weighted by Crippen LogP contribution is -2.26. The molecular formula is C11H14FN. The number of rotatable bonds is 2. The summed E-state index contributed by atoms with van der Waals surface area (Å²) in [5, 5.41) is 3.18. The Kier molecular flexibility index (Phi) is 2.60. The molecule has 1 heterocycles. The molecule has 0 bridgehead atoms. The first-order valence-corrected chi connectivity index (χ1v) is 4.80. The topological polar surface area (TPSA) is 12.0 Å². The lowest BCUT2D eigenvalue weighted by atomic mass is 10.0. The molecule has 1 aliphatic heterocycles. The van der Waals surface area contributed by atoms with Gasteiger partial charge in [0.15, 0.2) is 0 Å². The van der Waals surface area contributed by atoms with Crippen LogP contribution < -0.4 is 5.32 Å². The molecule has 13 heavy (non-hydrogen) atoms. The largest absolute Gasteiger partial charge is 0.311 e. The van der Waals surface area contributed by atoms with Crippen LogP contribution in [0.4, 0.5) is 4.39 Å². The summed E-state index contributed by atoms with van der Waals surface area (Å²) in [5.41, 5.74) is 0.793. The van der Waals surface area contributed by atoms with Gasteiger partial charge in [0, 0.05) is 6.04 Å². The minimum absolute atomic E-state index is 0.0300. The predicted octanol–water partition coefficient (Wildman–Crippen LogP) is 2.45. The molecule has 0 spiro atoms.